The van der Waals surface area contributed by atoms with Gasteiger partial charge in [-0.25, -0.2) is 8.78 Å². The van der Waals surface area contributed by atoms with Gasteiger partial charge in [0, 0.05) is 0 Å². The van der Waals surface area contributed by atoms with Crippen LogP contribution in [0.4, 0.5) is 79.0 Å². The molecular weight excluding hydrogens is 669 g/mol. The van der Waals surface area contributed by atoms with Crippen LogP contribution in [0.15, 0.2) is 0 Å². The molecule has 0 N–H and O–H groups in total. The molecule has 0 unspecified atom stereocenters. The van der Waals surface area contributed by atoms with E-state index in [2.05, 4.69) is 0 Å². The number of rotatable bonds is 0. The summed E-state index contributed by atoms with van der Waals surface area (Å²) in [7, 11) is 0. The molecule has 2 aliphatic rings. The summed E-state index contributed by atoms with van der Waals surface area (Å²) in [6.45, 7) is 0. The van der Waals surface area contributed by atoms with Gasteiger partial charge in [-0.1, -0.05) is 0 Å². The molecule has 2 radical (unpaired) electrons. The predicted molar refractivity (Wildman–Crippen MR) is 55.8 cm³/mol. The normalized spacial score (nSPS) is 41.6. The molecule has 19 heteroatoms. The van der Waals surface area contributed by atoms with Crippen molar-refractivity contribution in [1.82, 2.24) is 0 Å². The van der Waals surface area contributed by atoms with Gasteiger partial charge in [-0.3, -0.25) is 0 Å². The van der Waals surface area contributed by atoms with E-state index in [1.165, 1.54) is 0 Å². The molecule has 0 aliphatic heterocycles. The molecule has 0 saturated heterocycles. The molecule has 0 aromatic heterocycles. The Hall–Kier alpha value is -0.338. The summed E-state index contributed by atoms with van der Waals surface area (Å²) in [5.74, 6) is -66.8. The summed E-state index contributed by atoms with van der Waals surface area (Å²) in [6.07, 6.45) is 0. The van der Waals surface area contributed by atoms with Crippen molar-refractivity contribution < 1.29 is 79.0 Å². The molecule has 0 atom stereocenters. The van der Waals surface area contributed by atoms with Crippen LogP contribution in [0.25, 0.3) is 0 Å². The zero-order valence-corrected chi connectivity index (χ0v) is 18.0. The quantitative estimate of drug-likeness (QED) is 0.261. The zero-order chi connectivity index (χ0) is 23.0. The Morgan fingerprint density at radius 2 is 0.310 bits per heavy atom. The van der Waals surface area contributed by atoms with Crippen molar-refractivity contribution in [3.8, 4) is 0 Å². The van der Waals surface area contributed by atoms with E-state index in [-0.39, 0.29) is 27.3 Å². The molecule has 0 heterocycles. The second-order valence-electron chi connectivity index (χ2n) is 5.91. The Morgan fingerprint density at radius 3 is 0.414 bits per heavy atom. The fraction of sp³-hybridized carbons (Fsp3) is 1.00. The van der Waals surface area contributed by atoms with Gasteiger partial charge in [-0.05, 0) is 0 Å². The molecular formula is C10H2F18Pb. The van der Waals surface area contributed by atoms with Crippen LogP contribution in [0.1, 0.15) is 0 Å². The van der Waals surface area contributed by atoms with Crippen molar-refractivity contribution in [2.24, 2.45) is 0 Å². The Labute approximate surface area is 165 Å². The monoisotopic (exact) mass is 672 g/mol. The van der Waals surface area contributed by atoms with E-state index < -0.39 is 58.7 Å². The maximum absolute atomic E-state index is 14.2. The van der Waals surface area contributed by atoms with Crippen LogP contribution in [0.3, 0.4) is 0 Å². The van der Waals surface area contributed by atoms with E-state index in [1.54, 1.807) is 0 Å². The van der Waals surface area contributed by atoms with Crippen LogP contribution < -0.4 is 0 Å². The fourth-order valence-corrected chi connectivity index (χ4v) is 2.91. The molecule has 2 rings (SSSR count). The molecule has 0 aromatic carbocycles. The predicted octanol–water partition coefficient (Wildman–Crippen LogP) is 4.60. The Bertz CT molecular complexity index is 593. The maximum atomic E-state index is 14.2. The van der Waals surface area contributed by atoms with Gasteiger partial charge < -0.3 is 0 Å². The van der Waals surface area contributed by atoms with Gasteiger partial charge >= 0.3 is 74.7 Å². The first-order valence-electron chi connectivity index (χ1n) is 6.15. The summed E-state index contributed by atoms with van der Waals surface area (Å²) in [6, 6.07) is 0. The fourth-order valence-electron chi connectivity index (χ4n) is 2.91. The molecule has 29 heavy (non-hydrogen) atoms. The number of alkyl halides is 18. The average Bonchev–Trinajstić information content (AvgIpc) is 2.49. The van der Waals surface area contributed by atoms with Gasteiger partial charge in [-0.15, -0.1) is 0 Å². The van der Waals surface area contributed by atoms with Gasteiger partial charge in [0.2, 0.25) is 0 Å². The van der Waals surface area contributed by atoms with Crippen molar-refractivity contribution >= 4 is 27.3 Å². The van der Waals surface area contributed by atoms with E-state index in [0.717, 1.165) is 0 Å². The van der Waals surface area contributed by atoms with Crippen molar-refractivity contribution in [3.63, 3.8) is 0 Å². The molecule has 2 aliphatic carbocycles. The average molecular weight is 671 g/mol. The summed E-state index contributed by atoms with van der Waals surface area (Å²) in [5.41, 5.74) is -17.3. The van der Waals surface area contributed by atoms with E-state index in [1.807, 2.05) is 0 Å². The molecule has 172 valence electrons. The first-order chi connectivity index (χ1) is 11.8. The molecule has 0 nitrogen and oxygen atoms in total. The molecule has 2 fully saturated rings. The molecule has 0 spiro atoms. The van der Waals surface area contributed by atoms with E-state index in [0.29, 0.717) is 0 Å². The third-order valence-corrected chi connectivity index (χ3v) is 4.57. The number of halogens is 18. The van der Waals surface area contributed by atoms with Crippen LogP contribution in [-0.4, -0.2) is 86.0 Å². The van der Waals surface area contributed by atoms with Gasteiger partial charge in [0.05, 0.1) is 0 Å². The second-order valence-corrected chi connectivity index (χ2v) is 5.91. The molecule has 0 amide bonds. The van der Waals surface area contributed by atoms with Gasteiger partial charge in [0.15, 0.2) is 0 Å². The number of hydrogen-bond donors (Lipinski definition) is 0. The second kappa shape index (κ2) is 5.52. The standard InChI is InChI=1S/C10F18.Pb.2H/c11-1-2(12,5(17,18)9(25,26)7(21,22)3(1,13)14)6(19,20)10(27,28)8(23,24)4(1,15)16;;;. The van der Waals surface area contributed by atoms with Crippen LogP contribution >= 0.6 is 0 Å². The third kappa shape index (κ3) is 1.87. The van der Waals surface area contributed by atoms with E-state index in [9.17, 15) is 79.0 Å². The minimum atomic E-state index is -8.64. The van der Waals surface area contributed by atoms with Crippen molar-refractivity contribution in [2.75, 3.05) is 0 Å². The number of fused-ring (bicyclic) bond motifs is 1. The zero-order valence-electron chi connectivity index (χ0n) is 12.5. The van der Waals surface area contributed by atoms with Crippen molar-refractivity contribution in [3.05, 3.63) is 0 Å². The van der Waals surface area contributed by atoms with E-state index >= 15 is 0 Å². The third-order valence-electron chi connectivity index (χ3n) is 4.57. The summed E-state index contributed by atoms with van der Waals surface area (Å²) in [5, 5.41) is 0. The summed E-state index contributed by atoms with van der Waals surface area (Å²) >= 11 is 0. The molecule has 0 bridgehead atoms. The van der Waals surface area contributed by atoms with Crippen LogP contribution in [0.5, 0.6) is 0 Å². The minimum absolute atomic E-state index is 0. The van der Waals surface area contributed by atoms with Gasteiger partial charge in [0.1, 0.15) is 0 Å². The van der Waals surface area contributed by atoms with Crippen molar-refractivity contribution in [1.29, 1.82) is 0 Å². The van der Waals surface area contributed by atoms with Crippen LogP contribution in [-0.2, 0) is 0 Å². The summed E-state index contributed by atoms with van der Waals surface area (Å²) in [4.78, 5) is 0. The van der Waals surface area contributed by atoms with Gasteiger partial charge in [0.25, 0.3) is 11.3 Å². The first kappa shape index (κ1) is 26.7. The SMILES string of the molecule is FC1(F)C(F)(F)C(F)(F)C2(F)C(F)(F)C(F)(F)C(F)(F)C(F)(F)C2(F)C1(F)F.[PbH2]. The van der Waals surface area contributed by atoms with Crippen LogP contribution in [0.2, 0.25) is 0 Å². The topological polar surface area (TPSA) is 0 Å². The Balaban J connectivity index is 0.00000420. The number of hydrogen-bond acceptors (Lipinski definition) is 0. The first-order valence-corrected chi connectivity index (χ1v) is 6.15. The van der Waals surface area contributed by atoms with Gasteiger partial charge in [-0.2, -0.15) is 70.2 Å². The molecule has 0 aromatic rings. The van der Waals surface area contributed by atoms with Crippen LogP contribution in [0, 0.1) is 0 Å². The summed E-state index contributed by atoms with van der Waals surface area (Å²) < 4.78 is 241. The Kier molecular flexibility index (Phi) is 5.09. The van der Waals surface area contributed by atoms with E-state index in [4.69, 9.17) is 0 Å². The molecule has 2 saturated carbocycles. The van der Waals surface area contributed by atoms with Crippen molar-refractivity contribution in [2.45, 2.75) is 58.7 Å². The Morgan fingerprint density at radius 1 is 0.207 bits per heavy atom.